The molecule has 0 saturated heterocycles. The summed E-state index contributed by atoms with van der Waals surface area (Å²) < 4.78 is 39.8. The number of hydrogen-bond acceptors (Lipinski definition) is 6. The summed E-state index contributed by atoms with van der Waals surface area (Å²) >= 11 is 0. The molecule has 2 aromatic heterocycles. The number of Topliss-reactive ketones (excluding diaryl/α,β-unsaturated/α-hetero) is 1. The summed E-state index contributed by atoms with van der Waals surface area (Å²) in [4.78, 5) is 44.0. The van der Waals surface area contributed by atoms with E-state index in [9.17, 15) is 23.2 Å². The summed E-state index contributed by atoms with van der Waals surface area (Å²) in [6.45, 7) is 5.72. The molecule has 190 valence electrons. The van der Waals surface area contributed by atoms with Crippen molar-refractivity contribution < 1.29 is 27.6 Å². The predicted molar refractivity (Wildman–Crippen MR) is 130 cm³/mol. The van der Waals surface area contributed by atoms with Gasteiger partial charge in [0, 0.05) is 42.3 Å². The number of H-pyrrole nitrogens is 1. The van der Waals surface area contributed by atoms with Gasteiger partial charge in [-0.05, 0) is 23.8 Å². The van der Waals surface area contributed by atoms with Crippen LogP contribution in [-0.4, -0.2) is 48.5 Å². The molecule has 1 aliphatic heterocycles. The van der Waals surface area contributed by atoms with Crippen molar-refractivity contribution in [2.45, 2.75) is 44.9 Å². The molecule has 11 heteroatoms. The van der Waals surface area contributed by atoms with Gasteiger partial charge in [0.1, 0.15) is 23.4 Å². The number of halogens is 2. The fourth-order valence-corrected chi connectivity index (χ4v) is 6.17. The van der Waals surface area contributed by atoms with Crippen LogP contribution in [0.15, 0.2) is 39.6 Å². The molecular formula is C25H27F2N3O5Si. The maximum absolute atomic E-state index is 14.8. The van der Waals surface area contributed by atoms with E-state index in [0.29, 0.717) is 23.6 Å². The molecule has 0 fully saturated rings. The van der Waals surface area contributed by atoms with Crippen LogP contribution in [0.3, 0.4) is 0 Å². The highest BCUT2D eigenvalue weighted by molar-refractivity contribution is 6.88. The summed E-state index contributed by atoms with van der Waals surface area (Å²) in [6.07, 6.45) is -0.123. The molecule has 0 radical (unpaired) electrons. The molecule has 0 bridgehead atoms. The van der Waals surface area contributed by atoms with E-state index in [1.165, 1.54) is 30.2 Å². The highest BCUT2D eigenvalue weighted by Crippen LogP contribution is 2.32. The first-order chi connectivity index (χ1) is 17.0. The molecule has 1 amide bonds. The number of fused-ring (bicyclic) bond motifs is 1. The van der Waals surface area contributed by atoms with Crippen LogP contribution in [0, 0.1) is 11.6 Å². The molecule has 1 aliphatic rings. The number of rotatable bonds is 7. The van der Waals surface area contributed by atoms with Crippen molar-refractivity contribution >= 4 is 25.0 Å². The Hall–Kier alpha value is -3.60. The van der Waals surface area contributed by atoms with Crippen LogP contribution < -0.4 is 15.5 Å². The second-order valence-electron chi connectivity index (χ2n) is 9.81. The Morgan fingerprint density at radius 3 is 2.44 bits per heavy atom. The number of nitrogens with one attached hydrogen (secondary N) is 1. The lowest BCUT2D eigenvalue weighted by Crippen LogP contribution is -2.45. The lowest BCUT2D eigenvalue weighted by Gasteiger charge is -2.36. The zero-order chi connectivity index (χ0) is 26.2. The van der Waals surface area contributed by atoms with Gasteiger partial charge < -0.3 is 14.2 Å². The highest BCUT2D eigenvalue weighted by atomic mass is 28.3. The summed E-state index contributed by atoms with van der Waals surface area (Å²) in [6, 6.07) is 5.82. The van der Waals surface area contributed by atoms with Crippen LogP contribution in [0.25, 0.3) is 0 Å². The number of amides is 1. The van der Waals surface area contributed by atoms with Gasteiger partial charge in [0.2, 0.25) is 11.8 Å². The van der Waals surface area contributed by atoms with Crippen molar-refractivity contribution in [3.8, 4) is 5.88 Å². The summed E-state index contributed by atoms with van der Waals surface area (Å²) in [5, 5.41) is 2.22. The number of benzene rings is 1. The molecule has 36 heavy (non-hydrogen) atoms. The third-order valence-corrected chi connectivity index (χ3v) is 8.12. The number of methoxy groups -OCH3 is 1. The summed E-state index contributed by atoms with van der Waals surface area (Å²) in [5.41, 5.74) is 0.845. The molecule has 0 saturated carbocycles. The molecule has 8 nitrogen and oxygen atoms in total. The van der Waals surface area contributed by atoms with Crippen LogP contribution in [0.2, 0.25) is 19.6 Å². The van der Waals surface area contributed by atoms with Gasteiger partial charge in [-0.15, -0.1) is 0 Å². The number of pyridine rings is 1. The van der Waals surface area contributed by atoms with E-state index in [4.69, 9.17) is 9.26 Å². The minimum absolute atomic E-state index is 0.0859. The Labute approximate surface area is 207 Å². The Morgan fingerprint density at radius 2 is 1.86 bits per heavy atom. The largest absolute Gasteiger partial charge is 0.481 e. The Bertz CT molecular complexity index is 1360. The van der Waals surface area contributed by atoms with Crippen molar-refractivity contribution in [1.29, 1.82) is 0 Å². The molecular weight excluding hydrogens is 488 g/mol. The minimum atomic E-state index is -2.28. The van der Waals surface area contributed by atoms with Crippen molar-refractivity contribution in [1.82, 2.24) is 15.0 Å². The van der Waals surface area contributed by atoms with Gasteiger partial charge in [-0.3, -0.25) is 14.4 Å². The van der Waals surface area contributed by atoms with E-state index in [-0.39, 0.29) is 35.9 Å². The Kier molecular flexibility index (Phi) is 6.94. The standard InChI is InChI=1S/C25H27F2N3O5Si/c1-34-22-6-5-16-19(28-22)7-8-30(23(33)13-15-12-21(32)29-35-15)24(16)20(31)11-14-9-17(26)25(18(27)10-14)36(2,3)4/h5-6,9-10,12,24H,7-8,11,13H2,1-4H3,(H,29,32)/t24-/m1/s1. The van der Waals surface area contributed by atoms with Gasteiger partial charge >= 0.3 is 0 Å². The first-order valence-electron chi connectivity index (χ1n) is 11.5. The molecule has 0 unspecified atom stereocenters. The zero-order valence-electron chi connectivity index (χ0n) is 20.5. The first kappa shape index (κ1) is 25.5. The monoisotopic (exact) mass is 515 g/mol. The maximum Gasteiger partial charge on any atom is 0.280 e. The fourth-order valence-electron chi connectivity index (χ4n) is 4.59. The quantitative estimate of drug-likeness (QED) is 0.485. The number of aromatic nitrogens is 2. The number of ketones is 1. The van der Waals surface area contributed by atoms with Gasteiger partial charge in [-0.1, -0.05) is 19.6 Å². The van der Waals surface area contributed by atoms with Gasteiger partial charge in [0.05, 0.1) is 27.3 Å². The van der Waals surface area contributed by atoms with Crippen LogP contribution in [0.1, 0.15) is 28.6 Å². The molecule has 1 atom stereocenters. The van der Waals surface area contributed by atoms with Crippen molar-refractivity contribution in [2.24, 2.45) is 0 Å². The van der Waals surface area contributed by atoms with E-state index >= 15 is 0 Å². The lowest BCUT2D eigenvalue weighted by atomic mass is 9.90. The van der Waals surface area contributed by atoms with Crippen LogP contribution in [0.4, 0.5) is 8.78 Å². The SMILES string of the molecule is COc1ccc2c(n1)CCN(C(=O)Cc1cc(=O)[nH]o1)[C@H]2C(=O)Cc1cc(F)c([Si](C)(C)C)c(F)c1. The second-order valence-corrected chi connectivity index (χ2v) is 14.8. The van der Waals surface area contributed by atoms with Gasteiger partial charge in [0.15, 0.2) is 5.78 Å². The average molecular weight is 516 g/mol. The average Bonchev–Trinajstić information content (AvgIpc) is 3.20. The first-order valence-corrected chi connectivity index (χ1v) is 15.0. The van der Waals surface area contributed by atoms with Crippen LogP contribution >= 0.6 is 0 Å². The van der Waals surface area contributed by atoms with Crippen LogP contribution in [0.5, 0.6) is 5.88 Å². The second kappa shape index (κ2) is 9.80. The number of ether oxygens (including phenoxy) is 1. The molecule has 1 N–H and O–H groups in total. The molecule has 3 aromatic rings. The van der Waals surface area contributed by atoms with Crippen LogP contribution in [-0.2, 0) is 28.9 Å². The van der Waals surface area contributed by atoms with Crippen molar-refractivity contribution in [3.63, 3.8) is 0 Å². The summed E-state index contributed by atoms with van der Waals surface area (Å²) in [5.74, 6) is -1.65. The smallest absolute Gasteiger partial charge is 0.280 e. The number of aromatic amines is 1. The fraction of sp³-hybridized carbons (Fsp3) is 0.360. The van der Waals surface area contributed by atoms with Crippen molar-refractivity contribution in [3.05, 3.63) is 74.9 Å². The van der Waals surface area contributed by atoms with Crippen molar-refractivity contribution in [2.75, 3.05) is 13.7 Å². The van der Waals surface area contributed by atoms with E-state index in [0.717, 1.165) is 0 Å². The number of nitrogens with zero attached hydrogens (tertiary/aromatic N) is 2. The van der Waals surface area contributed by atoms with E-state index in [2.05, 4.69) is 10.1 Å². The van der Waals surface area contributed by atoms with E-state index < -0.39 is 43.0 Å². The lowest BCUT2D eigenvalue weighted by molar-refractivity contribution is -0.140. The number of carbonyl (C=O) groups excluding carboxylic acids is 2. The molecule has 0 spiro atoms. The van der Waals surface area contributed by atoms with Gasteiger partial charge in [-0.25, -0.2) is 13.8 Å². The zero-order valence-corrected chi connectivity index (χ0v) is 21.5. The maximum atomic E-state index is 14.8. The number of hydrogen-bond donors (Lipinski definition) is 1. The molecule has 3 heterocycles. The third kappa shape index (κ3) is 5.15. The minimum Gasteiger partial charge on any atom is -0.481 e. The summed E-state index contributed by atoms with van der Waals surface area (Å²) in [7, 11) is -0.797. The topological polar surface area (TPSA) is 106 Å². The predicted octanol–water partition coefficient (Wildman–Crippen LogP) is 2.68. The van der Waals surface area contributed by atoms with Gasteiger partial charge in [0.25, 0.3) is 5.56 Å². The normalized spacial score (nSPS) is 15.5. The third-order valence-electron chi connectivity index (χ3n) is 6.14. The molecule has 1 aromatic carbocycles. The van der Waals surface area contributed by atoms with Gasteiger partial charge in [-0.2, -0.15) is 5.16 Å². The van der Waals surface area contributed by atoms with E-state index in [1.807, 2.05) is 19.6 Å². The highest BCUT2D eigenvalue weighted by Gasteiger charge is 2.37. The molecule has 4 rings (SSSR count). The van der Waals surface area contributed by atoms with E-state index in [1.54, 1.807) is 12.1 Å². The molecule has 0 aliphatic carbocycles. The number of carbonyl (C=O) groups is 2. The Morgan fingerprint density at radius 1 is 1.17 bits per heavy atom. The Balaban J connectivity index is 1.68.